The van der Waals surface area contributed by atoms with Crippen LogP contribution in [0.1, 0.15) is 77.0 Å². The van der Waals surface area contributed by atoms with E-state index >= 15 is 0 Å². The first-order chi connectivity index (χ1) is 7.43. The summed E-state index contributed by atoms with van der Waals surface area (Å²) in [4.78, 5) is 0. The summed E-state index contributed by atoms with van der Waals surface area (Å²) in [7, 11) is 0. The molecule has 0 spiro atoms. The van der Waals surface area contributed by atoms with E-state index in [0.29, 0.717) is 0 Å². The topological polar surface area (TPSA) is 0 Å². The van der Waals surface area contributed by atoms with Gasteiger partial charge in [-0.15, -0.1) is 0 Å². The van der Waals surface area contributed by atoms with Gasteiger partial charge in [-0.1, -0.05) is 80.1 Å². The molecule has 1 fully saturated rings. The summed E-state index contributed by atoms with van der Waals surface area (Å²) >= 11 is 3.67. The van der Waals surface area contributed by atoms with E-state index in [2.05, 4.69) is 15.9 Å². The minimum Gasteiger partial charge on any atom is -0.0925 e. The van der Waals surface area contributed by atoms with Gasteiger partial charge in [0.15, 0.2) is 0 Å². The van der Waals surface area contributed by atoms with Crippen LogP contribution >= 0.6 is 15.9 Å². The predicted octanol–water partition coefficient (Wildman–Crippen LogP) is 5.69. The molecular weight excluding hydrogens is 248 g/mol. The van der Waals surface area contributed by atoms with Crippen LogP contribution in [0.15, 0.2) is 0 Å². The normalized spacial score (nSPS) is 23.8. The van der Waals surface area contributed by atoms with Crippen LogP contribution in [-0.4, -0.2) is 5.33 Å². The van der Waals surface area contributed by atoms with Crippen LogP contribution in [0, 0.1) is 5.92 Å². The van der Waals surface area contributed by atoms with Gasteiger partial charge in [0.05, 0.1) is 0 Å². The minimum atomic E-state index is 0.964. The molecule has 0 bridgehead atoms. The second-order valence-corrected chi connectivity index (χ2v) is 5.78. The molecule has 0 nitrogen and oxygen atoms in total. The Labute approximate surface area is 104 Å². The van der Waals surface area contributed by atoms with Gasteiger partial charge in [-0.2, -0.15) is 0 Å². The molecule has 0 saturated heterocycles. The first kappa shape index (κ1) is 13.5. The third-order valence-electron chi connectivity index (χ3n) is 3.69. The number of rotatable bonds is 1. The minimum absolute atomic E-state index is 0.964. The van der Waals surface area contributed by atoms with Gasteiger partial charge < -0.3 is 0 Å². The maximum absolute atomic E-state index is 3.67. The standard InChI is InChI=1S/C14H27Br/c15-13-14-11-9-7-5-3-1-2-4-6-8-10-12-14/h14H,1-13H2. The molecule has 1 saturated carbocycles. The van der Waals surface area contributed by atoms with Crippen LogP contribution in [0.2, 0.25) is 0 Å². The highest BCUT2D eigenvalue weighted by Gasteiger charge is 2.07. The third kappa shape index (κ3) is 7.38. The van der Waals surface area contributed by atoms with Gasteiger partial charge in [0, 0.05) is 5.33 Å². The number of hydrogen-bond donors (Lipinski definition) is 0. The Hall–Kier alpha value is 0.480. The number of halogens is 1. The Morgan fingerprint density at radius 2 is 0.933 bits per heavy atom. The lowest BCUT2D eigenvalue weighted by molar-refractivity contribution is 0.447. The zero-order valence-corrected chi connectivity index (χ0v) is 11.7. The SMILES string of the molecule is BrCC1CCCCCCCCCCCC1. The fraction of sp³-hybridized carbons (Fsp3) is 1.00. The molecule has 1 aliphatic carbocycles. The summed E-state index contributed by atoms with van der Waals surface area (Å²) in [6.07, 6.45) is 17.7. The molecule has 0 aromatic rings. The average molecular weight is 275 g/mol. The zero-order chi connectivity index (χ0) is 10.8. The third-order valence-corrected chi connectivity index (χ3v) is 4.61. The summed E-state index contributed by atoms with van der Waals surface area (Å²) < 4.78 is 0. The molecule has 0 heterocycles. The fourth-order valence-electron chi connectivity index (χ4n) is 2.58. The van der Waals surface area contributed by atoms with Gasteiger partial charge in [-0.3, -0.25) is 0 Å². The first-order valence-electron chi connectivity index (χ1n) is 6.99. The summed E-state index contributed by atoms with van der Waals surface area (Å²) in [6.45, 7) is 0. The van der Waals surface area contributed by atoms with Gasteiger partial charge in [0.25, 0.3) is 0 Å². The molecule has 1 rings (SSSR count). The molecule has 1 heteroatoms. The second kappa shape index (κ2) is 9.69. The van der Waals surface area contributed by atoms with Crippen LogP contribution in [-0.2, 0) is 0 Å². The van der Waals surface area contributed by atoms with Crippen molar-refractivity contribution in [3.8, 4) is 0 Å². The Bertz CT molecular complexity index is 119. The van der Waals surface area contributed by atoms with Crippen LogP contribution in [0.25, 0.3) is 0 Å². The summed E-state index contributed by atoms with van der Waals surface area (Å²) in [5.41, 5.74) is 0. The Balaban J connectivity index is 2.17. The Kier molecular flexibility index (Phi) is 8.75. The van der Waals surface area contributed by atoms with E-state index in [1.807, 2.05) is 0 Å². The second-order valence-electron chi connectivity index (χ2n) is 5.13. The summed E-state index contributed by atoms with van der Waals surface area (Å²) in [5, 5.41) is 1.23. The van der Waals surface area contributed by atoms with Crippen molar-refractivity contribution >= 4 is 15.9 Å². The largest absolute Gasteiger partial charge is 0.0925 e. The lowest BCUT2D eigenvalue weighted by Gasteiger charge is -2.13. The molecule has 0 radical (unpaired) electrons. The van der Waals surface area contributed by atoms with Crippen molar-refractivity contribution in [3.05, 3.63) is 0 Å². The highest BCUT2D eigenvalue weighted by atomic mass is 79.9. The molecule has 0 amide bonds. The molecule has 0 aliphatic heterocycles. The molecule has 0 aromatic heterocycles. The maximum Gasteiger partial charge on any atom is 0.00596 e. The molecule has 90 valence electrons. The van der Waals surface area contributed by atoms with Gasteiger partial charge in [-0.25, -0.2) is 0 Å². The molecule has 15 heavy (non-hydrogen) atoms. The predicted molar refractivity (Wildman–Crippen MR) is 72.7 cm³/mol. The monoisotopic (exact) mass is 274 g/mol. The van der Waals surface area contributed by atoms with E-state index < -0.39 is 0 Å². The van der Waals surface area contributed by atoms with E-state index in [0.717, 1.165) is 5.92 Å². The van der Waals surface area contributed by atoms with Gasteiger partial charge in [0.1, 0.15) is 0 Å². The van der Waals surface area contributed by atoms with Crippen molar-refractivity contribution in [2.24, 2.45) is 5.92 Å². The van der Waals surface area contributed by atoms with E-state index in [1.54, 1.807) is 0 Å². The average Bonchev–Trinajstić information content (AvgIpc) is 2.29. The van der Waals surface area contributed by atoms with Gasteiger partial charge >= 0.3 is 0 Å². The van der Waals surface area contributed by atoms with Crippen molar-refractivity contribution in [1.82, 2.24) is 0 Å². The Morgan fingerprint density at radius 3 is 1.27 bits per heavy atom. The maximum atomic E-state index is 3.67. The van der Waals surface area contributed by atoms with Crippen molar-refractivity contribution < 1.29 is 0 Å². The molecule has 0 atom stereocenters. The lowest BCUT2D eigenvalue weighted by Crippen LogP contribution is -2.02. The van der Waals surface area contributed by atoms with Crippen molar-refractivity contribution in [2.75, 3.05) is 5.33 Å². The summed E-state index contributed by atoms with van der Waals surface area (Å²) in [6, 6.07) is 0. The van der Waals surface area contributed by atoms with Crippen LogP contribution in [0.5, 0.6) is 0 Å². The van der Waals surface area contributed by atoms with Crippen molar-refractivity contribution in [1.29, 1.82) is 0 Å². The van der Waals surface area contributed by atoms with E-state index in [1.165, 1.54) is 82.4 Å². The smallest absolute Gasteiger partial charge is 0.00596 e. The van der Waals surface area contributed by atoms with E-state index in [9.17, 15) is 0 Å². The zero-order valence-electron chi connectivity index (χ0n) is 10.1. The highest BCUT2D eigenvalue weighted by Crippen LogP contribution is 2.21. The highest BCUT2D eigenvalue weighted by molar-refractivity contribution is 9.09. The molecule has 0 aromatic carbocycles. The quantitative estimate of drug-likeness (QED) is 0.539. The van der Waals surface area contributed by atoms with Gasteiger partial charge in [0.2, 0.25) is 0 Å². The molecule has 1 aliphatic rings. The molecule has 0 unspecified atom stereocenters. The van der Waals surface area contributed by atoms with Crippen molar-refractivity contribution in [3.63, 3.8) is 0 Å². The van der Waals surface area contributed by atoms with Crippen molar-refractivity contribution in [2.45, 2.75) is 77.0 Å². The van der Waals surface area contributed by atoms with Crippen LogP contribution in [0.4, 0.5) is 0 Å². The Morgan fingerprint density at radius 1 is 0.600 bits per heavy atom. The lowest BCUT2D eigenvalue weighted by atomic mass is 9.97. The molecular formula is C14H27Br. The number of hydrogen-bond acceptors (Lipinski definition) is 0. The van der Waals surface area contributed by atoms with Crippen LogP contribution < -0.4 is 0 Å². The van der Waals surface area contributed by atoms with E-state index in [-0.39, 0.29) is 0 Å². The van der Waals surface area contributed by atoms with Crippen LogP contribution in [0.3, 0.4) is 0 Å². The van der Waals surface area contributed by atoms with E-state index in [4.69, 9.17) is 0 Å². The fourth-order valence-corrected chi connectivity index (χ4v) is 3.23. The number of alkyl halides is 1. The van der Waals surface area contributed by atoms with Gasteiger partial charge in [-0.05, 0) is 18.8 Å². The first-order valence-corrected chi connectivity index (χ1v) is 8.11. The summed E-state index contributed by atoms with van der Waals surface area (Å²) in [5.74, 6) is 0.964. The molecule has 0 N–H and O–H groups in total.